The van der Waals surface area contributed by atoms with Crippen molar-refractivity contribution < 1.29 is 52.5 Å². The predicted octanol–water partition coefficient (Wildman–Crippen LogP) is 4.39. The molecule has 2 aromatic heterocycles. The molecule has 2 aromatic carbocycles. The van der Waals surface area contributed by atoms with Gasteiger partial charge in [-0.25, -0.2) is 28.3 Å². The van der Waals surface area contributed by atoms with E-state index in [1.807, 2.05) is 37.3 Å². The molecule has 4 aromatic rings. The lowest BCUT2D eigenvalue weighted by Crippen LogP contribution is -2.61. The topological polar surface area (TPSA) is 223 Å². The Hall–Kier alpha value is -5.61. The van der Waals surface area contributed by atoms with Crippen LogP contribution in [0.15, 0.2) is 71.8 Å². The van der Waals surface area contributed by atoms with Gasteiger partial charge >= 0.3 is 18.0 Å². The number of benzene rings is 2. The van der Waals surface area contributed by atoms with Gasteiger partial charge in [0.2, 0.25) is 5.91 Å². The number of hydrogen-bond donors (Lipinski definition) is 4. The van der Waals surface area contributed by atoms with Gasteiger partial charge in [-0.1, -0.05) is 18.2 Å². The molecule has 1 aliphatic rings. The van der Waals surface area contributed by atoms with E-state index in [2.05, 4.69) is 9.97 Å². The van der Waals surface area contributed by atoms with Gasteiger partial charge in [-0.2, -0.15) is 0 Å². The Labute approximate surface area is 299 Å². The number of amides is 2. The molecular formula is C36H38N4O11S. The average molecular weight is 735 g/mol. The number of nitrogens with zero attached hydrogens (tertiary/aromatic N) is 3. The van der Waals surface area contributed by atoms with Crippen molar-refractivity contribution in [1.82, 2.24) is 20.3 Å². The summed E-state index contributed by atoms with van der Waals surface area (Å²) >= 11 is 0. The van der Waals surface area contributed by atoms with E-state index in [9.17, 15) is 43.0 Å². The summed E-state index contributed by atoms with van der Waals surface area (Å²) in [5.41, 5.74) is -1.34. The van der Waals surface area contributed by atoms with Crippen LogP contribution in [-0.4, -0.2) is 87.1 Å². The zero-order chi connectivity index (χ0) is 38.0. The lowest BCUT2D eigenvalue weighted by Gasteiger charge is -2.47. The second-order valence-corrected chi connectivity index (χ2v) is 15.5. The van der Waals surface area contributed by atoms with Crippen LogP contribution in [0.3, 0.4) is 0 Å². The largest absolute Gasteiger partial charge is 0.489 e. The van der Waals surface area contributed by atoms with Crippen molar-refractivity contribution in [2.75, 3.05) is 18.8 Å². The highest BCUT2D eigenvalue weighted by atomic mass is 32.2. The number of para-hydroxylation sites is 1. The van der Waals surface area contributed by atoms with Crippen LogP contribution in [0.4, 0.5) is 4.79 Å². The van der Waals surface area contributed by atoms with Crippen LogP contribution in [0.1, 0.15) is 64.9 Å². The molecule has 52 heavy (non-hydrogen) atoms. The summed E-state index contributed by atoms with van der Waals surface area (Å²) < 4.78 is 40.2. The number of carboxylic acid groups (broad SMARTS) is 2. The van der Waals surface area contributed by atoms with Crippen molar-refractivity contribution in [3.8, 4) is 5.75 Å². The molecule has 3 heterocycles. The highest BCUT2D eigenvalue weighted by Crippen LogP contribution is 2.43. The molecule has 16 heteroatoms. The fourth-order valence-corrected chi connectivity index (χ4v) is 8.39. The number of carbonyl (C=O) groups excluding carboxylic acids is 2. The van der Waals surface area contributed by atoms with E-state index >= 15 is 0 Å². The standard InChI is InChI=1S/C36H38N4O11S/c1-21-17-22(25-7-5-6-8-28(25)38-21)18-50-23-9-11-24(12-10-23)52(48,49)20-36(30-29(33(44)45)26(32(42)43)13-15-37-30)19-40(34(46)51-35(2,3)4)16-14-27(36)31(41)39-47/h5-13,15,17,27,47H,14,16,18-20H2,1-4H3,(H,39,41)(H,42,43)(H,44,45)/t27-,36+/m1/s1. The van der Waals surface area contributed by atoms with Crippen LogP contribution in [0.25, 0.3) is 10.9 Å². The van der Waals surface area contributed by atoms with Gasteiger partial charge in [-0.05, 0) is 76.6 Å². The number of piperidine rings is 1. The zero-order valence-corrected chi connectivity index (χ0v) is 29.6. The lowest BCUT2D eigenvalue weighted by atomic mass is 9.67. The van der Waals surface area contributed by atoms with Crippen LogP contribution in [0.2, 0.25) is 0 Å². The van der Waals surface area contributed by atoms with Gasteiger partial charge in [-0.3, -0.25) is 20.0 Å². The second kappa shape index (κ2) is 14.6. The van der Waals surface area contributed by atoms with Crippen molar-refractivity contribution in [2.45, 2.75) is 56.6 Å². The van der Waals surface area contributed by atoms with Gasteiger partial charge in [0.15, 0.2) is 9.84 Å². The van der Waals surface area contributed by atoms with Crippen molar-refractivity contribution in [2.24, 2.45) is 5.92 Å². The summed E-state index contributed by atoms with van der Waals surface area (Å²) in [5.74, 6) is -6.66. The molecule has 15 nitrogen and oxygen atoms in total. The summed E-state index contributed by atoms with van der Waals surface area (Å²) in [7, 11) is -4.50. The smallest absolute Gasteiger partial charge is 0.410 e. The third kappa shape index (κ3) is 7.82. The maximum atomic E-state index is 14.3. The molecule has 1 aliphatic heterocycles. The van der Waals surface area contributed by atoms with Crippen molar-refractivity contribution in [3.63, 3.8) is 0 Å². The van der Waals surface area contributed by atoms with Gasteiger partial charge in [0, 0.05) is 35.9 Å². The first-order chi connectivity index (χ1) is 24.5. The van der Waals surface area contributed by atoms with Crippen LogP contribution in [0, 0.1) is 12.8 Å². The minimum absolute atomic E-state index is 0.145. The van der Waals surface area contributed by atoms with E-state index < -0.39 is 79.8 Å². The number of carboxylic acids is 2. The number of fused-ring (bicyclic) bond motifs is 1. The highest BCUT2D eigenvalue weighted by Gasteiger charge is 2.55. The third-order valence-electron chi connectivity index (χ3n) is 8.73. The number of likely N-dealkylation sites (tertiary alicyclic amines) is 1. The van der Waals surface area contributed by atoms with E-state index in [1.165, 1.54) is 29.7 Å². The third-order valence-corrected chi connectivity index (χ3v) is 10.6. The number of ether oxygens (including phenoxy) is 2. The Morgan fingerprint density at radius 3 is 2.35 bits per heavy atom. The molecule has 0 saturated carbocycles. The quantitative estimate of drug-likeness (QED) is 0.131. The van der Waals surface area contributed by atoms with E-state index in [0.717, 1.165) is 39.3 Å². The number of rotatable bonds is 10. The minimum atomic E-state index is -4.50. The molecule has 1 saturated heterocycles. The Kier molecular flexibility index (Phi) is 10.5. The first kappa shape index (κ1) is 37.6. The molecule has 1 fully saturated rings. The Bertz CT molecular complexity index is 2150. The Morgan fingerprint density at radius 2 is 1.71 bits per heavy atom. The monoisotopic (exact) mass is 734 g/mol. The molecule has 0 spiro atoms. The summed E-state index contributed by atoms with van der Waals surface area (Å²) in [6.07, 6.45) is -0.170. The van der Waals surface area contributed by atoms with Crippen LogP contribution in [0.5, 0.6) is 5.75 Å². The highest BCUT2D eigenvalue weighted by molar-refractivity contribution is 7.91. The SMILES string of the molecule is Cc1cc(COc2ccc(S(=O)(=O)C[C@@]3(c4nccc(C(=O)O)c4C(=O)O)CN(C(=O)OC(C)(C)C)CC[C@@H]3C(=O)NO)cc2)c2ccccc2n1. The molecule has 0 radical (unpaired) electrons. The van der Waals surface area contributed by atoms with Crippen LogP contribution in [-0.2, 0) is 31.4 Å². The number of sulfone groups is 1. The molecule has 274 valence electrons. The number of aryl methyl sites for hydroxylation is 1. The van der Waals surface area contributed by atoms with Crippen LogP contribution >= 0.6 is 0 Å². The van der Waals surface area contributed by atoms with Crippen molar-refractivity contribution in [1.29, 1.82) is 0 Å². The van der Waals surface area contributed by atoms with Crippen LogP contribution < -0.4 is 10.2 Å². The van der Waals surface area contributed by atoms with Gasteiger partial charge in [0.1, 0.15) is 18.0 Å². The number of aromatic nitrogens is 2. The fourth-order valence-electron chi connectivity index (χ4n) is 6.56. The van der Waals surface area contributed by atoms with E-state index in [-0.39, 0.29) is 24.5 Å². The molecule has 0 unspecified atom stereocenters. The predicted molar refractivity (Wildman–Crippen MR) is 185 cm³/mol. The van der Waals surface area contributed by atoms with Gasteiger partial charge in [0.05, 0.1) is 44.3 Å². The zero-order valence-electron chi connectivity index (χ0n) is 28.8. The number of hydrogen-bond acceptors (Lipinski definition) is 11. The maximum Gasteiger partial charge on any atom is 0.410 e. The number of nitrogens with one attached hydrogen (secondary N) is 1. The van der Waals surface area contributed by atoms with Crippen molar-refractivity contribution in [3.05, 3.63) is 94.9 Å². The molecule has 0 bridgehead atoms. The summed E-state index contributed by atoms with van der Waals surface area (Å²) in [5, 5.41) is 30.8. The second-order valence-electron chi connectivity index (χ2n) is 13.5. The molecule has 5 rings (SSSR count). The van der Waals surface area contributed by atoms with Gasteiger partial charge in [0.25, 0.3) is 0 Å². The fraction of sp³-hybridized carbons (Fsp3) is 0.333. The van der Waals surface area contributed by atoms with Crippen molar-refractivity contribution >= 4 is 44.7 Å². The average Bonchev–Trinajstić information content (AvgIpc) is 3.09. The molecule has 2 amide bonds. The molecule has 2 atom stereocenters. The Morgan fingerprint density at radius 1 is 1.02 bits per heavy atom. The Balaban J connectivity index is 1.57. The van der Waals surface area contributed by atoms with Gasteiger partial charge in [-0.15, -0.1) is 0 Å². The number of hydroxylamine groups is 1. The van der Waals surface area contributed by atoms with Gasteiger partial charge < -0.3 is 24.6 Å². The lowest BCUT2D eigenvalue weighted by molar-refractivity contribution is -0.138. The number of aromatic carboxylic acids is 2. The normalized spacial score (nSPS) is 17.7. The molecular weight excluding hydrogens is 696 g/mol. The van der Waals surface area contributed by atoms with E-state index in [1.54, 1.807) is 20.8 Å². The summed E-state index contributed by atoms with van der Waals surface area (Å²) in [6, 6.07) is 15.8. The summed E-state index contributed by atoms with van der Waals surface area (Å²) in [6.45, 7) is 6.09. The first-order valence-corrected chi connectivity index (χ1v) is 17.8. The number of pyridine rings is 2. The number of carbonyl (C=O) groups is 4. The molecule has 0 aliphatic carbocycles. The minimum Gasteiger partial charge on any atom is -0.489 e. The summed E-state index contributed by atoms with van der Waals surface area (Å²) in [4.78, 5) is 61.1. The molecule has 4 N–H and O–H groups in total. The van der Waals surface area contributed by atoms with E-state index in [0.29, 0.717) is 5.75 Å². The van der Waals surface area contributed by atoms with E-state index in [4.69, 9.17) is 9.47 Å². The first-order valence-electron chi connectivity index (χ1n) is 16.1. The maximum absolute atomic E-state index is 14.3.